The van der Waals surface area contributed by atoms with Gasteiger partial charge in [0.25, 0.3) is 5.91 Å². The topological polar surface area (TPSA) is 92.8 Å². The van der Waals surface area contributed by atoms with Gasteiger partial charge in [-0.05, 0) is 43.3 Å². The summed E-state index contributed by atoms with van der Waals surface area (Å²) in [5.74, 6) is -1.77. The zero-order valence-electron chi connectivity index (χ0n) is 15.0. The van der Waals surface area contributed by atoms with Gasteiger partial charge in [-0.15, -0.1) is 0 Å². The van der Waals surface area contributed by atoms with Crippen LogP contribution in [0.3, 0.4) is 0 Å². The molecule has 3 rings (SSSR count). The van der Waals surface area contributed by atoms with Crippen LogP contribution in [0.5, 0.6) is 0 Å². The lowest BCUT2D eigenvalue weighted by Gasteiger charge is -2.16. The highest BCUT2D eigenvalue weighted by Crippen LogP contribution is 2.23. The summed E-state index contributed by atoms with van der Waals surface area (Å²) in [6, 6.07) is 12.6. The van der Waals surface area contributed by atoms with Crippen LogP contribution < -0.4 is 10.2 Å². The Bertz CT molecular complexity index is 926. The Morgan fingerprint density at radius 3 is 2.25 bits per heavy atom. The van der Waals surface area contributed by atoms with Crippen LogP contribution in [0.4, 0.5) is 11.4 Å². The van der Waals surface area contributed by atoms with Crippen molar-refractivity contribution >= 4 is 46.7 Å². The molecule has 1 heterocycles. The molecule has 8 heteroatoms. The number of carbonyl (C=O) groups is 4. The van der Waals surface area contributed by atoms with Gasteiger partial charge in [0.1, 0.15) is 0 Å². The molecule has 7 nitrogen and oxygen atoms in total. The molecule has 2 aromatic rings. The lowest BCUT2D eigenvalue weighted by atomic mass is 10.2. The van der Waals surface area contributed by atoms with Gasteiger partial charge in [0.2, 0.25) is 11.8 Å². The summed E-state index contributed by atoms with van der Waals surface area (Å²) >= 11 is 5.99. The minimum absolute atomic E-state index is 0.181. The molecule has 0 saturated carbocycles. The van der Waals surface area contributed by atoms with E-state index in [1.165, 1.54) is 31.2 Å². The number of hydrogen-bond donors (Lipinski definition) is 1. The van der Waals surface area contributed by atoms with Crippen LogP contribution in [0.15, 0.2) is 48.5 Å². The van der Waals surface area contributed by atoms with Crippen molar-refractivity contribution in [2.75, 3.05) is 10.2 Å². The molecular weight excluding hydrogens is 384 g/mol. The second kappa shape index (κ2) is 8.22. The summed E-state index contributed by atoms with van der Waals surface area (Å²) in [6.45, 7) is 1.44. The minimum atomic E-state index is -1.05. The quantitative estimate of drug-likeness (QED) is 0.614. The second-order valence-corrected chi connectivity index (χ2v) is 6.59. The first-order chi connectivity index (χ1) is 13.4. The number of anilines is 2. The summed E-state index contributed by atoms with van der Waals surface area (Å²) in [5, 5.41) is 2.96. The SMILES string of the molecule is CC(OC(=O)c1ccc(N2C(=O)CCC2=O)cc1)C(=O)Nc1ccccc1Cl. The Kier molecular flexibility index (Phi) is 5.75. The van der Waals surface area contributed by atoms with E-state index in [1.54, 1.807) is 24.3 Å². The molecule has 28 heavy (non-hydrogen) atoms. The first-order valence-electron chi connectivity index (χ1n) is 8.59. The summed E-state index contributed by atoms with van der Waals surface area (Å²) in [4.78, 5) is 49.1. The van der Waals surface area contributed by atoms with Crippen LogP contribution in [0, 0.1) is 0 Å². The number of hydrogen-bond acceptors (Lipinski definition) is 5. The first-order valence-corrected chi connectivity index (χ1v) is 8.97. The van der Waals surface area contributed by atoms with E-state index in [4.69, 9.17) is 16.3 Å². The lowest BCUT2D eigenvalue weighted by molar-refractivity contribution is -0.124. The number of imide groups is 1. The molecule has 2 aromatic carbocycles. The maximum absolute atomic E-state index is 12.3. The zero-order valence-corrected chi connectivity index (χ0v) is 15.7. The molecule has 0 spiro atoms. The number of benzene rings is 2. The van der Waals surface area contributed by atoms with Crippen LogP contribution in [0.25, 0.3) is 0 Å². The number of rotatable bonds is 5. The van der Waals surface area contributed by atoms with E-state index < -0.39 is 18.0 Å². The summed E-state index contributed by atoms with van der Waals surface area (Å²) in [6.07, 6.45) is -0.688. The Morgan fingerprint density at radius 2 is 1.64 bits per heavy atom. The second-order valence-electron chi connectivity index (χ2n) is 6.19. The van der Waals surface area contributed by atoms with Gasteiger partial charge in [-0.2, -0.15) is 0 Å². The Morgan fingerprint density at radius 1 is 1.04 bits per heavy atom. The maximum Gasteiger partial charge on any atom is 0.338 e. The lowest BCUT2D eigenvalue weighted by Crippen LogP contribution is -2.30. The predicted molar refractivity (Wildman–Crippen MR) is 103 cm³/mol. The number of nitrogens with zero attached hydrogens (tertiary/aromatic N) is 1. The molecule has 0 aliphatic carbocycles. The molecule has 0 radical (unpaired) electrons. The van der Waals surface area contributed by atoms with Gasteiger partial charge in [0, 0.05) is 12.8 Å². The van der Waals surface area contributed by atoms with Crippen molar-refractivity contribution < 1.29 is 23.9 Å². The zero-order chi connectivity index (χ0) is 20.3. The number of ether oxygens (including phenoxy) is 1. The third kappa shape index (κ3) is 4.20. The van der Waals surface area contributed by atoms with E-state index in [1.807, 2.05) is 0 Å². The van der Waals surface area contributed by atoms with E-state index in [2.05, 4.69) is 5.32 Å². The van der Waals surface area contributed by atoms with Crippen LogP contribution in [0.1, 0.15) is 30.1 Å². The van der Waals surface area contributed by atoms with E-state index in [0.29, 0.717) is 16.4 Å². The third-order valence-corrected chi connectivity index (χ3v) is 4.53. The molecule has 1 fully saturated rings. The molecule has 0 bridgehead atoms. The molecule has 3 amide bonds. The minimum Gasteiger partial charge on any atom is -0.449 e. The highest BCUT2D eigenvalue weighted by molar-refractivity contribution is 6.33. The largest absolute Gasteiger partial charge is 0.449 e. The van der Waals surface area contributed by atoms with E-state index >= 15 is 0 Å². The normalized spacial score (nSPS) is 14.7. The smallest absolute Gasteiger partial charge is 0.338 e. The van der Waals surface area contributed by atoms with Crippen molar-refractivity contribution in [1.29, 1.82) is 0 Å². The van der Waals surface area contributed by atoms with Gasteiger partial charge in [0.05, 0.1) is 22.0 Å². The monoisotopic (exact) mass is 400 g/mol. The average Bonchev–Trinajstić information content (AvgIpc) is 3.02. The fraction of sp³-hybridized carbons (Fsp3) is 0.200. The van der Waals surface area contributed by atoms with Crippen molar-refractivity contribution in [3.05, 3.63) is 59.1 Å². The average molecular weight is 401 g/mol. The highest BCUT2D eigenvalue weighted by Gasteiger charge is 2.30. The van der Waals surface area contributed by atoms with Crippen molar-refractivity contribution in [3.8, 4) is 0 Å². The standard InChI is InChI=1S/C20H17ClN2O5/c1-12(19(26)22-16-5-3-2-4-15(16)21)28-20(27)13-6-8-14(9-7-13)23-17(24)10-11-18(23)25/h2-9,12H,10-11H2,1H3,(H,22,26). The number of carbonyl (C=O) groups excluding carboxylic acids is 4. The summed E-state index contributed by atoms with van der Waals surface area (Å²) < 4.78 is 5.18. The maximum atomic E-state index is 12.3. The van der Waals surface area contributed by atoms with E-state index in [0.717, 1.165) is 4.90 Å². The summed E-state index contributed by atoms with van der Waals surface area (Å²) in [5.41, 5.74) is 1.01. The molecular formula is C20H17ClN2O5. The predicted octanol–water partition coefficient (Wildman–Crippen LogP) is 3.18. The molecule has 1 saturated heterocycles. The fourth-order valence-corrected chi connectivity index (χ4v) is 2.87. The molecule has 144 valence electrons. The number of halogens is 1. The summed E-state index contributed by atoms with van der Waals surface area (Å²) in [7, 11) is 0. The van der Waals surface area contributed by atoms with Crippen LogP contribution in [0.2, 0.25) is 5.02 Å². The molecule has 0 aromatic heterocycles. The number of nitrogens with one attached hydrogen (secondary N) is 1. The Balaban J connectivity index is 1.62. The van der Waals surface area contributed by atoms with Gasteiger partial charge < -0.3 is 10.1 Å². The van der Waals surface area contributed by atoms with Gasteiger partial charge in [0.15, 0.2) is 6.10 Å². The number of esters is 1. The van der Waals surface area contributed by atoms with Gasteiger partial charge in [-0.1, -0.05) is 23.7 Å². The molecule has 1 aliphatic heterocycles. The van der Waals surface area contributed by atoms with Crippen LogP contribution >= 0.6 is 11.6 Å². The van der Waals surface area contributed by atoms with Gasteiger partial charge in [-0.3, -0.25) is 19.3 Å². The molecule has 1 atom stereocenters. The van der Waals surface area contributed by atoms with Crippen molar-refractivity contribution in [1.82, 2.24) is 0 Å². The molecule has 1 unspecified atom stereocenters. The van der Waals surface area contributed by atoms with Crippen LogP contribution in [-0.4, -0.2) is 29.8 Å². The van der Waals surface area contributed by atoms with Gasteiger partial charge in [-0.25, -0.2) is 4.79 Å². The Hall–Kier alpha value is -3.19. The number of amides is 3. The van der Waals surface area contributed by atoms with Crippen molar-refractivity contribution in [2.24, 2.45) is 0 Å². The Labute approximate surface area is 166 Å². The fourth-order valence-electron chi connectivity index (χ4n) is 2.69. The van der Waals surface area contributed by atoms with Crippen molar-refractivity contribution in [3.63, 3.8) is 0 Å². The third-order valence-electron chi connectivity index (χ3n) is 4.20. The van der Waals surface area contributed by atoms with E-state index in [-0.39, 0.29) is 30.2 Å². The van der Waals surface area contributed by atoms with Crippen molar-refractivity contribution in [2.45, 2.75) is 25.9 Å². The van der Waals surface area contributed by atoms with Crippen LogP contribution in [-0.2, 0) is 19.1 Å². The molecule has 1 N–H and O–H groups in total. The number of para-hydroxylation sites is 1. The molecule has 1 aliphatic rings. The van der Waals surface area contributed by atoms with Gasteiger partial charge >= 0.3 is 5.97 Å². The van der Waals surface area contributed by atoms with E-state index in [9.17, 15) is 19.2 Å². The highest BCUT2D eigenvalue weighted by atomic mass is 35.5. The first kappa shape index (κ1) is 19.6.